The summed E-state index contributed by atoms with van der Waals surface area (Å²) in [6, 6.07) is 10.3. The third kappa shape index (κ3) is 2.72. The molecule has 18 heavy (non-hydrogen) atoms. The first-order valence-electron chi connectivity index (χ1n) is 5.90. The summed E-state index contributed by atoms with van der Waals surface area (Å²) >= 11 is 1.80. The predicted octanol–water partition coefficient (Wildman–Crippen LogP) is 4.16. The van der Waals surface area contributed by atoms with E-state index < -0.39 is 0 Å². The van der Waals surface area contributed by atoms with Gasteiger partial charge in [0, 0.05) is 16.3 Å². The van der Waals surface area contributed by atoms with Gasteiger partial charge in [-0.05, 0) is 50.1 Å². The quantitative estimate of drug-likeness (QED) is 0.895. The fourth-order valence-electron chi connectivity index (χ4n) is 1.82. The first kappa shape index (κ1) is 12.7. The van der Waals surface area contributed by atoms with Crippen LogP contribution in [0, 0.1) is 32.1 Å². The molecule has 3 heteroatoms. The number of thiophene rings is 1. The molecule has 2 rings (SSSR count). The molecule has 0 atom stereocenters. The lowest BCUT2D eigenvalue weighted by Crippen LogP contribution is -1.99. The van der Waals surface area contributed by atoms with Crippen molar-refractivity contribution in [3.05, 3.63) is 50.7 Å². The maximum Gasteiger partial charge on any atom is 0.101 e. The van der Waals surface area contributed by atoms with Crippen LogP contribution in [0.25, 0.3) is 0 Å². The van der Waals surface area contributed by atoms with Crippen LogP contribution < -0.4 is 5.32 Å². The van der Waals surface area contributed by atoms with Crippen LogP contribution in [0.15, 0.2) is 24.3 Å². The molecule has 1 N–H and O–H groups in total. The molecule has 0 radical (unpaired) electrons. The van der Waals surface area contributed by atoms with Gasteiger partial charge < -0.3 is 5.32 Å². The van der Waals surface area contributed by atoms with Gasteiger partial charge in [-0.15, -0.1) is 11.3 Å². The molecule has 2 aromatic rings. The fourth-order valence-corrected chi connectivity index (χ4v) is 2.82. The van der Waals surface area contributed by atoms with E-state index in [2.05, 4.69) is 31.3 Å². The maximum atomic E-state index is 9.10. The van der Waals surface area contributed by atoms with Gasteiger partial charge in [-0.25, -0.2) is 0 Å². The number of nitriles is 1. The Bertz CT molecular complexity index is 586. The van der Waals surface area contributed by atoms with Gasteiger partial charge in [-0.2, -0.15) is 5.26 Å². The van der Waals surface area contributed by atoms with Crippen molar-refractivity contribution in [1.29, 1.82) is 5.26 Å². The Morgan fingerprint density at radius 2 is 2.00 bits per heavy atom. The van der Waals surface area contributed by atoms with E-state index in [0.29, 0.717) is 5.56 Å². The third-order valence-electron chi connectivity index (χ3n) is 2.97. The molecular formula is C15H16N2S. The average Bonchev–Trinajstić information content (AvgIpc) is 2.67. The minimum atomic E-state index is 0.708. The number of nitrogens with one attached hydrogen (secondary N) is 1. The first-order valence-corrected chi connectivity index (χ1v) is 6.72. The summed E-state index contributed by atoms with van der Waals surface area (Å²) in [5.41, 5.74) is 4.06. The number of aryl methyl sites for hydroxylation is 3. The van der Waals surface area contributed by atoms with Crippen LogP contribution in [0.4, 0.5) is 5.69 Å². The van der Waals surface area contributed by atoms with Crippen molar-refractivity contribution in [3.63, 3.8) is 0 Å². The summed E-state index contributed by atoms with van der Waals surface area (Å²) in [7, 11) is 0. The van der Waals surface area contributed by atoms with Crippen LogP contribution in [0.5, 0.6) is 0 Å². The Balaban J connectivity index is 2.13. The normalized spacial score (nSPS) is 10.1. The summed E-state index contributed by atoms with van der Waals surface area (Å²) in [6.07, 6.45) is 0. The van der Waals surface area contributed by atoms with Crippen LogP contribution in [-0.4, -0.2) is 0 Å². The molecule has 92 valence electrons. The highest BCUT2D eigenvalue weighted by molar-refractivity contribution is 7.12. The Hall–Kier alpha value is -1.79. The number of benzene rings is 1. The molecule has 2 nitrogen and oxygen atoms in total. The topological polar surface area (TPSA) is 35.8 Å². The van der Waals surface area contributed by atoms with Crippen molar-refractivity contribution in [2.75, 3.05) is 5.32 Å². The van der Waals surface area contributed by atoms with E-state index in [0.717, 1.165) is 17.8 Å². The molecule has 1 aromatic carbocycles. The zero-order valence-electron chi connectivity index (χ0n) is 10.9. The van der Waals surface area contributed by atoms with Crippen molar-refractivity contribution < 1.29 is 0 Å². The molecule has 0 amide bonds. The highest BCUT2D eigenvalue weighted by Crippen LogP contribution is 2.23. The minimum Gasteiger partial charge on any atom is -0.379 e. The standard InChI is InChI=1S/C15H16N2S/c1-10-4-5-15(13(6-10)8-16)17-9-14-7-11(2)12(3)18-14/h4-7,17H,9H2,1-3H3. The van der Waals surface area contributed by atoms with Crippen molar-refractivity contribution in [3.8, 4) is 6.07 Å². The molecule has 1 heterocycles. The minimum absolute atomic E-state index is 0.708. The molecule has 0 saturated carbocycles. The first-order chi connectivity index (χ1) is 8.60. The molecule has 0 saturated heterocycles. The van der Waals surface area contributed by atoms with Gasteiger partial charge in [-0.3, -0.25) is 0 Å². The van der Waals surface area contributed by atoms with E-state index in [1.54, 1.807) is 11.3 Å². The zero-order valence-corrected chi connectivity index (χ0v) is 11.7. The van der Waals surface area contributed by atoms with Crippen molar-refractivity contribution in [2.24, 2.45) is 0 Å². The number of hydrogen-bond acceptors (Lipinski definition) is 3. The zero-order chi connectivity index (χ0) is 13.1. The molecular weight excluding hydrogens is 240 g/mol. The Morgan fingerprint density at radius 3 is 2.61 bits per heavy atom. The van der Waals surface area contributed by atoms with Crippen LogP contribution in [0.3, 0.4) is 0 Å². The number of rotatable bonds is 3. The summed E-state index contributed by atoms with van der Waals surface area (Å²) in [4.78, 5) is 2.66. The van der Waals surface area contributed by atoms with E-state index in [9.17, 15) is 0 Å². The Kier molecular flexibility index (Phi) is 3.69. The number of anilines is 1. The molecule has 0 bridgehead atoms. The van der Waals surface area contributed by atoms with E-state index in [-0.39, 0.29) is 0 Å². The maximum absolute atomic E-state index is 9.10. The number of nitrogens with zero attached hydrogens (tertiary/aromatic N) is 1. The largest absolute Gasteiger partial charge is 0.379 e. The van der Waals surface area contributed by atoms with Gasteiger partial charge in [0.05, 0.1) is 11.3 Å². The van der Waals surface area contributed by atoms with E-state index in [1.807, 2.05) is 25.1 Å². The second-order valence-electron chi connectivity index (χ2n) is 4.47. The van der Waals surface area contributed by atoms with Crippen molar-refractivity contribution in [1.82, 2.24) is 0 Å². The van der Waals surface area contributed by atoms with E-state index in [1.165, 1.54) is 15.3 Å². The fraction of sp³-hybridized carbons (Fsp3) is 0.267. The van der Waals surface area contributed by atoms with Gasteiger partial charge >= 0.3 is 0 Å². The monoisotopic (exact) mass is 256 g/mol. The SMILES string of the molecule is Cc1ccc(NCc2cc(C)c(C)s2)c(C#N)c1. The van der Waals surface area contributed by atoms with Crippen LogP contribution in [0.1, 0.15) is 26.4 Å². The summed E-state index contributed by atoms with van der Waals surface area (Å²) in [5.74, 6) is 0. The third-order valence-corrected chi connectivity index (χ3v) is 4.12. The Morgan fingerprint density at radius 1 is 1.22 bits per heavy atom. The van der Waals surface area contributed by atoms with Crippen LogP contribution in [0.2, 0.25) is 0 Å². The van der Waals surface area contributed by atoms with E-state index in [4.69, 9.17) is 5.26 Å². The predicted molar refractivity (Wildman–Crippen MR) is 77.0 cm³/mol. The summed E-state index contributed by atoms with van der Waals surface area (Å²) < 4.78 is 0. The number of hydrogen-bond donors (Lipinski definition) is 1. The molecule has 0 fully saturated rings. The second-order valence-corrected chi connectivity index (χ2v) is 5.81. The smallest absolute Gasteiger partial charge is 0.101 e. The summed E-state index contributed by atoms with van der Waals surface area (Å²) in [6.45, 7) is 7.03. The molecule has 0 aliphatic rings. The lowest BCUT2D eigenvalue weighted by Gasteiger charge is -2.07. The average molecular weight is 256 g/mol. The molecule has 0 aliphatic heterocycles. The van der Waals surface area contributed by atoms with Gasteiger partial charge in [0.2, 0.25) is 0 Å². The molecule has 0 unspecified atom stereocenters. The van der Waals surface area contributed by atoms with Crippen molar-refractivity contribution in [2.45, 2.75) is 27.3 Å². The van der Waals surface area contributed by atoms with E-state index >= 15 is 0 Å². The van der Waals surface area contributed by atoms with Gasteiger partial charge in [0.25, 0.3) is 0 Å². The lowest BCUT2D eigenvalue weighted by molar-refractivity contribution is 1.18. The lowest BCUT2D eigenvalue weighted by atomic mass is 10.1. The van der Waals surface area contributed by atoms with Crippen molar-refractivity contribution >= 4 is 17.0 Å². The Labute approximate surface area is 112 Å². The highest BCUT2D eigenvalue weighted by Gasteiger charge is 2.04. The van der Waals surface area contributed by atoms with Crippen LogP contribution in [-0.2, 0) is 6.54 Å². The van der Waals surface area contributed by atoms with Gasteiger partial charge in [0.15, 0.2) is 0 Å². The van der Waals surface area contributed by atoms with Crippen LogP contribution >= 0.6 is 11.3 Å². The highest BCUT2D eigenvalue weighted by atomic mass is 32.1. The molecule has 0 spiro atoms. The second kappa shape index (κ2) is 5.24. The molecule has 0 aliphatic carbocycles. The van der Waals surface area contributed by atoms with Gasteiger partial charge in [0.1, 0.15) is 6.07 Å². The van der Waals surface area contributed by atoms with Gasteiger partial charge in [-0.1, -0.05) is 6.07 Å². The molecule has 1 aromatic heterocycles. The summed E-state index contributed by atoms with van der Waals surface area (Å²) in [5, 5.41) is 12.4.